The molecule has 0 unspecified atom stereocenters. The van der Waals surface area contributed by atoms with E-state index in [-0.39, 0.29) is 0 Å². The predicted molar refractivity (Wildman–Crippen MR) is 47.7 cm³/mol. The van der Waals surface area contributed by atoms with Crippen LogP contribution in [0, 0.1) is 0 Å². The van der Waals surface area contributed by atoms with E-state index in [2.05, 4.69) is 4.98 Å². The van der Waals surface area contributed by atoms with Crippen LogP contribution in [0.25, 0.3) is 11.0 Å². The van der Waals surface area contributed by atoms with Gasteiger partial charge in [0.2, 0.25) is 0 Å². The third kappa shape index (κ3) is 1.62. The summed E-state index contributed by atoms with van der Waals surface area (Å²) in [6, 6.07) is 7.26. The van der Waals surface area contributed by atoms with Crippen LogP contribution >= 0.6 is 8.60 Å². The van der Waals surface area contributed by atoms with Crippen molar-refractivity contribution < 1.29 is 14.4 Å². The number of fused-ring (bicyclic) bond motifs is 1. The Morgan fingerprint density at radius 1 is 1.31 bits per heavy atom. The van der Waals surface area contributed by atoms with Gasteiger partial charge in [0, 0.05) is 0 Å². The molecule has 1 heterocycles. The van der Waals surface area contributed by atoms with Gasteiger partial charge in [-0.15, -0.1) is 0 Å². The van der Waals surface area contributed by atoms with Crippen LogP contribution in [-0.2, 0) is 0 Å². The van der Waals surface area contributed by atoms with Crippen LogP contribution in [-0.4, -0.2) is 19.5 Å². The molecule has 68 valence electrons. The predicted octanol–water partition coefficient (Wildman–Crippen LogP) is 0.676. The van der Waals surface area contributed by atoms with Gasteiger partial charge in [0.15, 0.2) is 0 Å². The van der Waals surface area contributed by atoms with Crippen molar-refractivity contribution in [2.75, 3.05) is 0 Å². The molecular weight excluding hydrogens is 191 g/mol. The van der Waals surface area contributed by atoms with E-state index in [1.165, 1.54) is 11.1 Å². The summed E-state index contributed by atoms with van der Waals surface area (Å²) < 4.78 is 5.93. The van der Waals surface area contributed by atoms with Gasteiger partial charge < -0.3 is 14.4 Å². The number of aromatic nitrogens is 2. The van der Waals surface area contributed by atoms with Crippen molar-refractivity contribution in [3.05, 3.63) is 30.6 Å². The Balaban J connectivity index is 2.46. The fourth-order valence-electron chi connectivity index (χ4n) is 1.08. The van der Waals surface area contributed by atoms with Crippen molar-refractivity contribution in [1.82, 2.24) is 9.71 Å². The Morgan fingerprint density at radius 2 is 2.08 bits per heavy atom. The number of nitrogens with zero attached hydrogens (tertiary/aromatic N) is 2. The first-order valence-corrected chi connectivity index (χ1v) is 4.72. The fourth-order valence-corrected chi connectivity index (χ4v) is 1.37. The van der Waals surface area contributed by atoms with Gasteiger partial charge in [-0.2, -0.15) is 4.73 Å². The molecule has 0 saturated carbocycles. The molecule has 1 aromatic heterocycles. The van der Waals surface area contributed by atoms with Gasteiger partial charge in [-0.1, -0.05) is 12.1 Å². The lowest BCUT2D eigenvalue weighted by molar-refractivity contribution is 0.236. The van der Waals surface area contributed by atoms with Gasteiger partial charge in [0.05, 0.1) is 5.52 Å². The van der Waals surface area contributed by atoms with Gasteiger partial charge in [-0.05, 0) is 12.1 Å². The second-order valence-corrected chi connectivity index (χ2v) is 3.06. The van der Waals surface area contributed by atoms with Crippen LogP contribution in [0.3, 0.4) is 0 Å². The zero-order valence-corrected chi connectivity index (χ0v) is 7.43. The second kappa shape index (κ2) is 3.30. The Morgan fingerprint density at radius 3 is 2.85 bits per heavy atom. The number of rotatable bonds is 2. The summed E-state index contributed by atoms with van der Waals surface area (Å²) in [6.07, 6.45) is 1.40. The quantitative estimate of drug-likeness (QED) is 0.696. The van der Waals surface area contributed by atoms with Crippen LogP contribution in [0.5, 0.6) is 0 Å². The maximum atomic E-state index is 8.63. The minimum atomic E-state index is -2.40. The molecule has 1 aromatic carbocycles. The summed E-state index contributed by atoms with van der Waals surface area (Å²) in [5.74, 6) is 0. The lowest BCUT2D eigenvalue weighted by atomic mass is 10.3. The van der Waals surface area contributed by atoms with Crippen molar-refractivity contribution in [3.63, 3.8) is 0 Å². The molecule has 0 aliphatic carbocycles. The largest absolute Gasteiger partial charge is 0.412 e. The average molecular weight is 198 g/mol. The second-order valence-electron chi connectivity index (χ2n) is 2.39. The molecule has 0 bridgehead atoms. The number of hydrogen-bond acceptors (Lipinski definition) is 4. The van der Waals surface area contributed by atoms with Crippen molar-refractivity contribution in [3.8, 4) is 0 Å². The SMILES string of the molecule is OP(O)On1cnc2ccccc21. The van der Waals surface area contributed by atoms with Crippen molar-refractivity contribution in [2.24, 2.45) is 0 Å². The normalized spacial score (nSPS) is 11.0. The molecule has 5 nitrogen and oxygen atoms in total. The third-order valence-corrected chi connectivity index (χ3v) is 1.90. The molecule has 2 N–H and O–H groups in total. The standard InChI is InChI=1S/C7H7N2O3P/c10-13(11)12-9-5-8-6-3-1-2-4-7(6)9/h1-5,10-11H. The summed E-state index contributed by atoms with van der Waals surface area (Å²) in [5.41, 5.74) is 1.46. The molecule has 0 spiro atoms. The third-order valence-electron chi connectivity index (χ3n) is 1.58. The van der Waals surface area contributed by atoms with Crippen molar-refractivity contribution in [1.29, 1.82) is 0 Å². The molecule has 2 aromatic rings. The van der Waals surface area contributed by atoms with Crippen LogP contribution in [0.2, 0.25) is 0 Å². The Kier molecular flexibility index (Phi) is 2.14. The van der Waals surface area contributed by atoms with Gasteiger partial charge in [-0.3, -0.25) is 0 Å². The highest BCUT2D eigenvalue weighted by atomic mass is 31.2. The molecule has 0 aliphatic heterocycles. The van der Waals surface area contributed by atoms with E-state index in [0.29, 0.717) is 5.52 Å². The minimum Gasteiger partial charge on any atom is -0.333 e. The molecule has 0 fully saturated rings. The minimum absolute atomic E-state index is 0.707. The maximum Gasteiger partial charge on any atom is 0.412 e. The van der Waals surface area contributed by atoms with Crippen molar-refractivity contribution >= 4 is 19.6 Å². The molecule has 0 aliphatic rings. The highest BCUT2D eigenvalue weighted by Crippen LogP contribution is 2.22. The summed E-state index contributed by atoms with van der Waals surface area (Å²) in [4.78, 5) is 21.3. The van der Waals surface area contributed by atoms with E-state index in [9.17, 15) is 0 Å². The van der Waals surface area contributed by atoms with E-state index >= 15 is 0 Å². The Bertz CT molecular complexity index is 415. The fraction of sp³-hybridized carbons (Fsp3) is 0. The first kappa shape index (κ1) is 8.44. The number of benzene rings is 1. The zero-order valence-electron chi connectivity index (χ0n) is 6.53. The smallest absolute Gasteiger partial charge is 0.333 e. The monoisotopic (exact) mass is 198 g/mol. The first-order valence-electron chi connectivity index (χ1n) is 3.56. The van der Waals surface area contributed by atoms with Crippen LogP contribution in [0.15, 0.2) is 30.6 Å². The summed E-state index contributed by atoms with van der Waals surface area (Å²) in [6.45, 7) is 0. The topological polar surface area (TPSA) is 67.5 Å². The molecule has 0 amide bonds. The molecule has 6 heteroatoms. The Labute approximate surface area is 75.2 Å². The van der Waals surface area contributed by atoms with Gasteiger partial charge >= 0.3 is 8.60 Å². The van der Waals surface area contributed by atoms with Gasteiger partial charge in [-0.25, -0.2) is 4.98 Å². The van der Waals surface area contributed by atoms with Crippen LogP contribution in [0.1, 0.15) is 0 Å². The molecule has 13 heavy (non-hydrogen) atoms. The lowest BCUT2D eigenvalue weighted by Gasteiger charge is -2.04. The Hall–Kier alpha value is -1.16. The van der Waals surface area contributed by atoms with Crippen LogP contribution < -0.4 is 4.62 Å². The number of hydrogen-bond donors (Lipinski definition) is 2. The van der Waals surface area contributed by atoms with Gasteiger partial charge in [0.1, 0.15) is 11.8 Å². The maximum absolute atomic E-state index is 8.63. The number of para-hydroxylation sites is 2. The summed E-state index contributed by atoms with van der Waals surface area (Å²) in [7, 11) is -2.40. The molecule has 0 radical (unpaired) electrons. The summed E-state index contributed by atoms with van der Waals surface area (Å²) in [5, 5.41) is 0. The highest BCUT2D eigenvalue weighted by Gasteiger charge is 2.06. The first-order chi connectivity index (χ1) is 6.27. The average Bonchev–Trinajstić information content (AvgIpc) is 2.48. The molecule has 0 saturated heterocycles. The zero-order chi connectivity index (χ0) is 9.26. The molecule has 0 atom stereocenters. The summed E-state index contributed by atoms with van der Waals surface area (Å²) >= 11 is 0. The van der Waals surface area contributed by atoms with E-state index in [1.807, 2.05) is 18.2 Å². The lowest BCUT2D eigenvalue weighted by Crippen LogP contribution is -2.03. The number of imidazole rings is 1. The van der Waals surface area contributed by atoms with Crippen molar-refractivity contribution in [2.45, 2.75) is 0 Å². The molecule has 2 rings (SSSR count). The van der Waals surface area contributed by atoms with E-state index < -0.39 is 8.60 Å². The molecular formula is C7H7N2O3P. The van der Waals surface area contributed by atoms with E-state index in [4.69, 9.17) is 14.4 Å². The van der Waals surface area contributed by atoms with E-state index in [0.717, 1.165) is 5.52 Å². The van der Waals surface area contributed by atoms with Crippen LogP contribution in [0.4, 0.5) is 0 Å². The highest BCUT2D eigenvalue weighted by molar-refractivity contribution is 7.39. The van der Waals surface area contributed by atoms with Gasteiger partial charge in [0.25, 0.3) is 0 Å². The van der Waals surface area contributed by atoms with E-state index in [1.54, 1.807) is 6.07 Å².